The Bertz CT molecular complexity index is 368. The average Bonchev–Trinajstić information content (AvgIpc) is 2.65. The van der Waals surface area contributed by atoms with E-state index in [-0.39, 0.29) is 18.0 Å². The van der Waals surface area contributed by atoms with Gasteiger partial charge in [-0.1, -0.05) is 0 Å². The van der Waals surface area contributed by atoms with Gasteiger partial charge in [0.2, 0.25) is 0 Å². The van der Waals surface area contributed by atoms with Gasteiger partial charge in [-0.3, -0.25) is 9.59 Å². The van der Waals surface area contributed by atoms with Crippen molar-refractivity contribution in [1.29, 1.82) is 0 Å². The maximum Gasteiger partial charge on any atom is 0.180 e. The van der Waals surface area contributed by atoms with Crippen LogP contribution < -0.4 is 0 Å². The minimum Gasteiger partial charge on any atom is -0.381 e. The topological polar surface area (TPSA) is 43.4 Å². The van der Waals surface area contributed by atoms with Gasteiger partial charge < -0.3 is 4.74 Å². The van der Waals surface area contributed by atoms with Crippen LogP contribution in [0.5, 0.6) is 0 Å². The maximum atomic E-state index is 11.7. The molecule has 0 fully saturated rings. The van der Waals surface area contributed by atoms with E-state index in [1.807, 2.05) is 25.3 Å². The Morgan fingerprint density at radius 2 is 2.19 bits per heavy atom. The fourth-order valence-electron chi connectivity index (χ4n) is 1.34. The van der Waals surface area contributed by atoms with Gasteiger partial charge in [-0.2, -0.15) is 0 Å². The van der Waals surface area contributed by atoms with E-state index in [1.165, 1.54) is 11.3 Å². The van der Waals surface area contributed by atoms with Crippen LogP contribution in [0, 0.1) is 6.92 Å². The minimum atomic E-state index is -0.0750. The molecular formula is C12H16O3S. The molecule has 0 saturated heterocycles. The molecule has 1 aromatic heterocycles. The molecule has 0 bridgehead atoms. The highest BCUT2D eigenvalue weighted by Crippen LogP contribution is 2.17. The predicted molar refractivity (Wildman–Crippen MR) is 64.1 cm³/mol. The summed E-state index contributed by atoms with van der Waals surface area (Å²) in [5.41, 5.74) is 0.951. The van der Waals surface area contributed by atoms with Crippen molar-refractivity contribution in [3.63, 3.8) is 0 Å². The van der Waals surface area contributed by atoms with Crippen molar-refractivity contribution < 1.29 is 14.3 Å². The second kappa shape index (κ2) is 6.55. The molecule has 0 atom stereocenters. The highest BCUT2D eigenvalue weighted by Gasteiger charge is 2.14. The Morgan fingerprint density at radius 1 is 1.44 bits per heavy atom. The fraction of sp³-hybridized carbons (Fsp3) is 0.500. The standard InChI is InChI=1S/C12H16O3S/c1-3-15-6-4-10(13)8-11(14)12-9(2)5-7-16-12/h5,7H,3-4,6,8H2,1-2H3. The molecule has 1 rings (SSSR count). The maximum absolute atomic E-state index is 11.7. The van der Waals surface area contributed by atoms with Gasteiger partial charge in [0.1, 0.15) is 5.78 Å². The first-order valence-electron chi connectivity index (χ1n) is 5.32. The second-order valence-electron chi connectivity index (χ2n) is 3.52. The number of thiophene rings is 1. The van der Waals surface area contributed by atoms with Crippen molar-refractivity contribution in [2.24, 2.45) is 0 Å². The van der Waals surface area contributed by atoms with Crippen LogP contribution >= 0.6 is 11.3 Å². The van der Waals surface area contributed by atoms with Crippen molar-refractivity contribution in [2.75, 3.05) is 13.2 Å². The van der Waals surface area contributed by atoms with Gasteiger partial charge in [-0.15, -0.1) is 11.3 Å². The van der Waals surface area contributed by atoms with Crippen LogP contribution in [0.15, 0.2) is 11.4 Å². The number of hydrogen-bond donors (Lipinski definition) is 0. The summed E-state index contributed by atoms with van der Waals surface area (Å²) in [6, 6.07) is 1.89. The minimum absolute atomic E-state index is 0.00553. The molecule has 0 aliphatic rings. The summed E-state index contributed by atoms with van der Waals surface area (Å²) >= 11 is 1.39. The molecule has 16 heavy (non-hydrogen) atoms. The summed E-state index contributed by atoms with van der Waals surface area (Å²) in [5.74, 6) is -0.125. The number of carbonyl (C=O) groups excluding carboxylic acids is 2. The number of Topliss-reactive ketones (excluding diaryl/α,β-unsaturated/α-hetero) is 2. The van der Waals surface area contributed by atoms with Crippen LogP contribution in [0.4, 0.5) is 0 Å². The molecule has 0 unspecified atom stereocenters. The first-order valence-corrected chi connectivity index (χ1v) is 6.19. The molecule has 0 radical (unpaired) electrons. The van der Waals surface area contributed by atoms with E-state index in [9.17, 15) is 9.59 Å². The van der Waals surface area contributed by atoms with Crippen LogP contribution in [-0.2, 0) is 9.53 Å². The third-order valence-electron chi connectivity index (χ3n) is 2.20. The summed E-state index contributed by atoms with van der Waals surface area (Å²) in [6.07, 6.45) is 0.318. The lowest BCUT2D eigenvalue weighted by molar-refractivity contribution is -0.119. The van der Waals surface area contributed by atoms with Crippen LogP contribution in [0.25, 0.3) is 0 Å². The Kier molecular flexibility index (Phi) is 5.35. The van der Waals surface area contributed by atoms with Gasteiger partial charge in [-0.05, 0) is 30.9 Å². The van der Waals surface area contributed by atoms with Crippen LogP contribution in [-0.4, -0.2) is 24.8 Å². The number of hydrogen-bond acceptors (Lipinski definition) is 4. The number of ether oxygens (including phenoxy) is 1. The van der Waals surface area contributed by atoms with Gasteiger partial charge in [-0.25, -0.2) is 0 Å². The molecule has 1 heterocycles. The molecule has 0 aliphatic carbocycles. The van der Waals surface area contributed by atoms with Crippen molar-refractivity contribution in [3.8, 4) is 0 Å². The Hall–Kier alpha value is -1.00. The highest BCUT2D eigenvalue weighted by molar-refractivity contribution is 7.12. The van der Waals surface area contributed by atoms with E-state index in [4.69, 9.17) is 4.74 Å². The predicted octanol–water partition coefficient (Wildman–Crippen LogP) is 2.63. The lowest BCUT2D eigenvalue weighted by Crippen LogP contribution is -2.10. The van der Waals surface area contributed by atoms with Gasteiger partial charge in [0, 0.05) is 13.0 Å². The molecule has 0 aromatic carbocycles. The molecule has 0 N–H and O–H groups in total. The summed E-state index contributed by atoms with van der Waals surface area (Å²) in [4.78, 5) is 23.9. The number of rotatable bonds is 7. The van der Waals surface area contributed by atoms with Crippen molar-refractivity contribution in [1.82, 2.24) is 0 Å². The fourth-order valence-corrected chi connectivity index (χ4v) is 2.20. The van der Waals surface area contributed by atoms with Crippen LogP contribution in [0.2, 0.25) is 0 Å². The molecule has 0 amide bonds. The van der Waals surface area contributed by atoms with Gasteiger partial charge >= 0.3 is 0 Å². The van der Waals surface area contributed by atoms with E-state index in [1.54, 1.807) is 0 Å². The van der Waals surface area contributed by atoms with Crippen molar-refractivity contribution >= 4 is 22.9 Å². The third kappa shape index (κ3) is 3.87. The first kappa shape index (κ1) is 13.1. The van der Waals surface area contributed by atoms with E-state index in [2.05, 4.69) is 0 Å². The lowest BCUT2D eigenvalue weighted by atomic mass is 10.1. The molecule has 0 spiro atoms. The monoisotopic (exact) mass is 240 g/mol. The van der Waals surface area contributed by atoms with Crippen molar-refractivity contribution in [3.05, 3.63) is 21.9 Å². The zero-order valence-corrected chi connectivity index (χ0v) is 10.4. The Balaban J connectivity index is 2.40. The summed E-state index contributed by atoms with van der Waals surface area (Å²) in [5, 5.41) is 1.87. The van der Waals surface area contributed by atoms with Gasteiger partial charge in [0.15, 0.2) is 5.78 Å². The van der Waals surface area contributed by atoms with E-state index >= 15 is 0 Å². The third-order valence-corrected chi connectivity index (χ3v) is 3.26. The molecule has 0 saturated carbocycles. The molecule has 4 heteroatoms. The Labute approximate surface area is 99.4 Å². The van der Waals surface area contributed by atoms with Gasteiger partial charge in [0.25, 0.3) is 0 Å². The summed E-state index contributed by atoms with van der Waals surface area (Å²) in [7, 11) is 0. The molecule has 3 nitrogen and oxygen atoms in total. The molecule has 1 aromatic rings. The Morgan fingerprint density at radius 3 is 2.75 bits per heavy atom. The van der Waals surface area contributed by atoms with E-state index < -0.39 is 0 Å². The molecular weight excluding hydrogens is 224 g/mol. The lowest BCUT2D eigenvalue weighted by Gasteiger charge is -2.01. The number of aryl methyl sites for hydroxylation is 1. The second-order valence-corrected chi connectivity index (χ2v) is 4.43. The largest absolute Gasteiger partial charge is 0.381 e. The zero-order valence-electron chi connectivity index (χ0n) is 9.62. The highest BCUT2D eigenvalue weighted by atomic mass is 32.1. The summed E-state index contributed by atoms with van der Waals surface area (Å²) in [6.45, 7) is 4.77. The number of ketones is 2. The average molecular weight is 240 g/mol. The molecule has 0 aliphatic heterocycles. The molecule has 88 valence electrons. The number of carbonyl (C=O) groups is 2. The zero-order chi connectivity index (χ0) is 12.0. The smallest absolute Gasteiger partial charge is 0.180 e. The SMILES string of the molecule is CCOCCC(=O)CC(=O)c1sccc1C. The van der Waals surface area contributed by atoms with Crippen LogP contribution in [0.1, 0.15) is 35.0 Å². The van der Waals surface area contributed by atoms with Crippen molar-refractivity contribution in [2.45, 2.75) is 26.7 Å². The first-order chi connectivity index (χ1) is 7.65. The normalized spacial score (nSPS) is 10.4. The van der Waals surface area contributed by atoms with Gasteiger partial charge in [0.05, 0.1) is 17.9 Å². The van der Waals surface area contributed by atoms with E-state index in [0.29, 0.717) is 24.5 Å². The van der Waals surface area contributed by atoms with E-state index in [0.717, 1.165) is 5.56 Å². The summed E-state index contributed by atoms with van der Waals surface area (Å²) < 4.78 is 5.07. The quantitative estimate of drug-likeness (QED) is 0.418. The van der Waals surface area contributed by atoms with Crippen LogP contribution in [0.3, 0.4) is 0 Å².